The minimum absolute atomic E-state index is 0.100. The molecule has 29 heavy (non-hydrogen) atoms. The maximum absolute atomic E-state index is 12.8. The van der Waals surface area contributed by atoms with Crippen molar-refractivity contribution in [3.8, 4) is 0 Å². The van der Waals surface area contributed by atoms with E-state index in [1.807, 2.05) is 0 Å². The molecule has 5 aliphatic rings. The first-order chi connectivity index (χ1) is 13.6. The van der Waals surface area contributed by atoms with Crippen LogP contribution in [0.25, 0.3) is 0 Å². The standard InChI is InChI=1S/C24H32O5/c1-14(25)17-13-15-12-16(26)4-7-21(15,2)24(28)11-10-22(3)18(20(17)24)5-8-23(22)9-6-19(27)29-23/h12,17-18,20,28H,4-11,13H2,1-3H3/t17?,18-,20-,21-,22-,23+,24+/m0/s1. The van der Waals surface area contributed by atoms with Gasteiger partial charge in [-0.2, -0.15) is 0 Å². The van der Waals surface area contributed by atoms with Crippen LogP contribution in [0.3, 0.4) is 0 Å². The zero-order valence-corrected chi connectivity index (χ0v) is 17.8. The summed E-state index contributed by atoms with van der Waals surface area (Å²) in [5, 5.41) is 12.3. The minimum Gasteiger partial charge on any atom is -0.458 e. The second kappa shape index (κ2) is 5.81. The Morgan fingerprint density at radius 3 is 2.52 bits per heavy atom. The molecule has 1 unspecified atom stereocenters. The summed E-state index contributed by atoms with van der Waals surface area (Å²) in [5.74, 6) is -0.169. The Morgan fingerprint density at radius 1 is 1.10 bits per heavy atom. The third-order valence-electron chi connectivity index (χ3n) is 10.0. The predicted molar refractivity (Wildman–Crippen MR) is 106 cm³/mol. The van der Waals surface area contributed by atoms with Crippen molar-refractivity contribution in [1.82, 2.24) is 0 Å². The van der Waals surface area contributed by atoms with Gasteiger partial charge in [0.25, 0.3) is 0 Å². The van der Waals surface area contributed by atoms with Crippen molar-refractivity contribution >= 4 is 17.5 Å². The van der Waals surface area contributed by atoms with E-state index in [0.29, 0.717) is 32.1 Å². The van der Waals surface area contributed by atoms with Crippen molar-refractivity contribution in [3.63, 3.8) is 0 Å². The normalized spacial score (nSPS) is 51.2. The summed E-state index contributed by atoms with van der Waals surface area (Å²) in [6, 6.07) is 0. The molecule has 0 aromatic heterocycles. The number of rotatable bonds is 1. The number of hydrogen-bond acceptors (Lipinski definition) is 5. The highest BCUT2D eigenvalue weighted by Gasteiger charge is 2.72. The number of ketones is 2. The molecule has 1 N–H and O–H groups in total. The summed E-state index contributed by atoms with van der Waals surface area (Å²) in [5.41, 5.74) is -1.12. The molecule has 1 heterocycles. The van der Waals surface area contributed by atoms with Gasteiger partial charge in [-0.1, -0.05) is 19.4 Å². The Bertz CT molecular complexity index is 844. The summed E-state index contributed by atoms with van der Waals surface area (Å²) in [6.45, 7) is 5.97. The number of fused-ring (bicyclic) bond motifs is 6. The molecule has 5 nitrogen and oxygen atoms in total. The molecule has 0 bridgehead atoms. The molecule has 4 aliphatic carbocycles. The van der Waals surface area contributed by atoms with Crippen LogP contribution in [0.15, 0.2) is 11.6 Å². The first-order valence-electron chi connectivity index (χ1n) is 11.2. The summed E-state index contributed by atoms with van der Waals surface area (Å²) in [7, 11) is 0. The smallest absolute Gasteiger partial charge is 0.306 e. The lowest BCUT2D eigenvalue weighted by molar-refractivity contribution is -0.224. The van der Waals surface area contributed by atoms with Gasteiger partial charge in [0.05, 0.1) is 5.60 Å². The molecule has 0 aromatic carbocycles. The topological polar surface area (TPSA) is 80.7 Å². The van der Waals surface area contributed by atoms with Crippen LogP contribution in [0.2, 0.25) is 0 Å². The van der Waals surface area contributed by atoms with Crippen molar-refractivity contribution in [2.24, 2.45) is 28.6 Å². The number of aliphatic hydroxyl groups is 1. The molecule has 1 spiro atoms. The average molecular weight is 401 g/mol. The lowest BCUT2D eigenvalue weighted by Crippen LogP contribution is -2.67. The SMILES string of the molecule is CC(=O)C1CC2=CC(=O)CC[C@]2(C)[C@@]2(O)CC[C@@]3(C)[C@@H](CC[C@@]34CCC(=O)O4)[C@H]12. The molecule has 1 aliphatic heterocycles. The Balaban J connectivity index is 1.62. The van der Waals surface area contributed by atoms with E-state index in [2.05, 4.69) is 13.8 Å². The fourth-order valence-corrected chi connectivity index (χ4v) is 8.23. The molecule has 158 valence electrons. The molecule has 0 aromatic rings. The third-order valence-corrected chi connectivity index (χ3v) is 10.0. The molecule has 5 rings (SSSR count). The van der Waals surface area contributed by atoms with Gasteiger partial charge in [0.2, 0.25) is 0 Å². The van der Waals surface area contributed by atoms with Gasteiger partial charge in [0.15, 0.2) is 5.78 Å². The van der Waals surface area contributed by atoms with E-state index in [1.54, 1.807) is 13.0 Å². The Morgan fingerprint density at radius 2 is 1.86 bits per heavy atom. The van der Waals surface area contributed by atoms with Crippen LogP contribution in [-0.4, -0.2) is 33.8 Å². The number of ether oxygens (including phenoxy) is 1. The van der Waals surface area contributed by atoms with E-state index in [0.717, 1.165) is 31.3 Å². The van der Waals surface area contributed by atoms with E-state index >= 15 is 0 Å². The van der Waals surface area contributed by atoms with Crippen molar-refractivity contribution < 1.29 is 24.2 Å². The average Bonchev–Trinajstić information content (AvgIpc) is 3.17. The van der Waals surface area contributed by atoms with Crippen LogP contribution in [0.4, 0.5) is 0 Å². The zero-order chi connectivity index (χ0) is 20.8. The molecule has 1 saturated heterocycles. The summed E-state index contributed by atoms with van der Waals surface area (Å²) >= 11 is 0. The lowest BCUT2D eigenvalue weighted by atomic mass is 9.41. The second-order valence-corrected chi connectivity index (χ2v) is 10.9. The lowest BCUT2D eigenvalue weighted by Gasteiger charge is -2.65. The molecule has 0 radical (unpaired) electrons. The molecule has 4 fully saturated rings. The number of hydrogen-bond donors (Lipinski definition) is 1. The third kappa shape index (κ3) is 2.23. The fourth-order valence-electron chi connectivity index (χ4n) is 8.23. The first kappa shape index (κ1) is 19.5. The maximum atomic E-state index is 12.8. The zero-order valence-electron chi connectivity index (χ0n) is 17.8. The number of esters is 1. The van der Waals surface area contributed by atoms with Crippen LogP contribution in [0.5, 0.6) is 0 Å². The van der Waals surface area contributed by atoms with Gasteiger partial charge >= 0.3 is 5.97 Å². The monoisotopic (exact) mass is 400 g/mol. The van der Waals surface area contributed by atoms with Gasteiger partial charge in [-0.05, 0) is 63.9 Å². The minimum atomic E-state index is -0.994. The molecular weight excluding hydrogens is 368 g/mol. The molecular formula is C24H32O5. The summed E-state index contributed by atoms with van der Waals surface area (Å²) < 4.78 is 5.97. The van der Waals surface area contributed by atoms with Gasteiger partial charge in [0.1, 0.15) is 11.4 Å². The Labute approximate surface area is 172 Å². The van der Waals surface area contributed by atoms with E-state index in [1.165, 1.54) is 0 Å². The first-order valence-corrected chi connectivity index (χ1v) is 11.2. The van der Waals surface area contributed by atoms with E-state index in [9.17, 15) is 19.5 Å². The predicted octanol–water partition coefficient (Wildman–Crippen LogP) is 3.52. The van der Waals surface area contributed by atoms with Gasteiger partial charge in [-0.15, -0.1) is 0 Å². The number of Topliss-reactive ketones (excluding diaryl/α,β-unsaturated/α-hetero) is 1. The van der Waals surface area contributed by atoms with E-state index < -0.39 is 16.6 Å². The Kier molecular flexibility index (Phi) is 3.90. The van der Waals surface area contributed by atoms with Gasteiger partial charge in [0, 0.05) is 35.5 Å². The van der Waals surface area contributed by atoms with Crippen molar-refractivity contribution in [3.05, 3.63) is 11.6 Å². The number of carbonyl (C=O) groups excluding carboxylic acids is 3. The van der Waals surface area contributed by atoms with Gasteiger partial charge in [-0.25, -0.2) is 0 Å². The maximum Gasteiger partial charge on any atom is 0.306 e. The van der Waals surface area contributed by atoms with Gasteiger partial charge < -0.3 is 9.84 Å². The molecule has 5 heteroatoms. The van der Waals surface area contributed by atoms with Crippen LogP contribution >= 0.6 is 0 Å². The van der Waals surface area contributed by atoms with Crippen molar-refractivity contribution in [1.29, 1.82) is 0 Å². The molecule has 7 atom stereocenters. The van der Waals surface area contributed by atoms with E-state index in [4.69, 9.17) is 4.74 Å². The molecule has 3 saturated carbocycles. The Hall–Kier alpha value is -1.49. The summed E-state index contributed by atoms with van der Waals surface area (Å²) in [4.78, 5) is 37.0. The van der Waals surface area contributed by atoms with E-state index in [-0.39, 0.29) is 40.7 Å². The highest BCUT2D eigenvalue weighted by atomic mass is 16.6. The quantitative estimate of drug-likeness (QED) is 0.681. The van der Waals surface area contributed by atoms with Crippen LogP contribution < -0.4 is 0 Å². The van der Waals surface area contributed by atoms with Crippen LogP contribution in [0, 0.1) is 28.6 Å². The highest BCUT2D eigenvalue weighted by Crippen LogP contribution is 2.71. The van der Waals surface area contributed by atoms with Crippen molar-refractivity contribution in [2.45, 2.75) is 89.8 Å². The molecule has 0 amide bonds. The van der Waals surface area contributed by atoms with Crippen molar-refractivity contribution in [2.75, 3.05) is 0 Å². The number of carbonyl (C=O) groups is 3. The second-order valence-electron chi connectivity index (χ2n) is 10.9. The fraction of sp³-hybridized carbons (Fsp3) is 0.792. The highest BCUT2D eigenvalue weighted by molar-refractivity contribution is 5.92. The largest absolute Gasteiger partial charge is 0.458 e. The van der Waals surface area contributed by atoms with Gasteiger partial charge in [-0.3, -0.25) is 14.4 Å². The summed E-state index contributed by atoms with van der Waals surface area (Å²) in [6.07, 6.45) is 7.73. The van der Waals surface area contributed by atoms with Crippen LogP contribution in [-0.2, 0) is 19.1 Å². The van der Waals surface area contributed by atoms with Crippen LogP contribution in [0.1, 0.15) is 78.6 Å².